The quantitative estimate of drug-likeness (QED) is 0.623. The molecule has 1 fully saturated rings. The Hall–Kier alpha value is -3.12. The van der Waals surface area contributed by atoms with Crippen molar-refractivity contribution >= 4 is 28.4 Å². The van der Waals surface area contributed by atoms with Gasteiger partial charge in [0.1, 0.15) is 5.69 Å². The van der Waals surface area contributed by atoms with E-state index in [2.05, 4.69) is 15.2 Å². The first kappa shape index (κ1) is 19.2. The molecule has 2 amide bonds. The van der Waals surface area contributed by atoms with Gasteiger partial charge in [-0.15, -0.1) is 0 Å². The number of piperidine rings is 1. The smallest absolute Gasteiger partial charge is 0.272 e. The Morgan fingerprint density at radius 3 is 2.86 bits per heavy atom. The highest BCUT2D eigenvalue weighted by molar-refractivity contribution is 6.06. The van der Waals surface area contributed by atoms with Gasteiger partial charge in [0, 0.05) is 29.7 Å². The predicted octanol–water partition coefficient (Wildman–Crippen LogP) is 3.43. The summed E-state index contributed by atoms with van der Waals surface area (Å²) < 4.78 is 0. The topological polar surface area (TPSA) is 91.2 Å². The lowest BCUT2D eigenvalue weighted by Gasteiger charge is -2.31. The van der Waals surface area contributed by atoms with Crippen LogP contribution in [0.25, 0.3) is 10.9 Å². The maximum absolute atomic E-state index is 12.8. The van der Waals surface area contributed by atoms with Crippen LogP contribution >= 0.6 is 0 Å². The molecule has 0 bridgehead atoms. The normalized spacial score (nSPS) is 17.3. The lowest BCUT2D eigenvalue weighted by molar-refractivity contribution is -0.123. The van der Waals surface area contributed by atoms with Crippen molar-refractivity contribution in [1.29, 1.82) is 0 Å². The van der Waals surface area contributed by atoms with Gasteiger partial charge in [0.05, 0.1) is 5.92 Å². The summed E-state index contributed by atoms with van der Waals surface area (Å²) in [4.78, 5) is 29.8. The van der Waals surface area contributed by atoms with Crippen LogP contribution in [0.4, 0.5) is 5.69 Å². The van der Waals surface area contributed by atoms with E-state index in [9.17, 15) is 9.59 Å². The number of nitrogens with zero attached hydrogens (tertiary/aromatic N) is 1. The van der Waals surface area contributed by atoms with E-state index in [-0.39, 0.29) is 17.7 Å². The number of aromatic nitrogens is 1. The lowest BCUT2D eigenvalue weighted by Crippen LogP contribution is -2.40. The average molecular weight is 390 g/mol. The minimum atomic E-state index is -0.231. The summed E-state index contributed by atoms with van der Waals surface area (Å²) >= 11 is 0. The Morgan fingerprint density at radius 2 is 2.03 bits per heavy atom. The first-order chi connectivity index (χ1) is 14.0. The van der Waals surface area contributed by atoms with Gasteiger partial charge in [0.15, 0.2) is 0 Å². The van der Waals surface area contributed by atoms with E-state index in [0.717, 1.165) is 47.1 Å². The highest BCUT2D eigenvalue weighted by atomic mass is 16.2. The number of benzene rings is 2. The third kappa shape index (κ3) is 4.32. The zero-order valence-electron chi connectivity index (χ0n) is 16.6. The molecule has 1 saturated heterocycles. The van der Waals surface area contributed by atoms with E-state index in [1.807, 2.05) is 55.5 Å². The van der Waals surface area contributed by atoms with Crippen molar-refractivity contribution in [2.75, 3.05) is 18.4 Å². The molecule has 3 aromatic rings. The Morgan fingerprint density at radius 1 is 1.21 bits per heavy atom. The minimum absolute atomic E-state index is 0.0969. The Kier molecular flexibility index (Phi) is 5.36. The standard InChI is InChI=1S/C23H26N4O2/c1-15-8-9-16-12-21(25-20(16)11-15)23(29)26-19-7-3-2-5-17(19)13-27-10-4-6-18(14-27)22(24)28/h2-3,5,7-9,11-12,18,25H,4,6,10,13-14H2,1H3,(H2,24,28)(H,26,29). The number of fused-ring (bicyclic) bond motifs is 1. The molecule has 1 aliphatic heterocycles. The number of amides is 2. The number of para-hydroxylation sites is 1. The molecule has 150 valence electrons. The molecule has 4 N–H and O–H groups in total. The van der Waals surface area contributed by atoms with Crippen molar-refractivity contribution < 1.29 is 9.59 Å². The second-order valence-corrected chi connectivity index (χ2v) is 7.86. The van der Waals surface area contributed by atoms with Crippen LogP contribution in [0.5, 0.6) is 0 Å². The summed E-state index contributed by atoms with van der Waals surface area (Å²) in [6, 6.07) is 15.7. The maximum atomic E-state index is 12.8. The number of aryl methyl sites for hydroxylation is 1. The molecule has 0 radical (unpaired) electrons. The molecule has 6 nitrogen and oxygen atoms in total. The molecular weight excluding hydrogens is 364 g/mol. The number of hydrogen-bond acceptors (Lipinski definition) is 3. The molecule has 1 unspecified atom stereocenters. The predicted molar refractivity (Wildman–Crippen MR) is 115 cm³/mol. The van der Waals surface area contributed by atoms with E-state index in [4.69, 9.17) is 5.73 Å². The third-order valence-corrected chi connectivity index (χ3v) is 5.59. The highest BCUT2D eigenvalue weighted by Gasteiger charge is 2.24. The van der Waals surface area contributed by atoms with Crippen molar-refractivity contribution in [2.24, 2.45) is 11.7 Å². The fourth-order valence-electron chi connectivity index (χ4n) is 4.01. The molecule has 1 aliphatic rings. The average Bonchev–Trinajstić information content (AvgIpc) is 3.13. The number of anilines is 1. The molecule has 1 aromatic heterocycles. The van der Waals surface area contributed by atoms with E-state index in [1.165, 1.54) is 0 Å². The van der Waals surface area contributed by atoms with Gasteiger partial charge in [0.2, 0.25) is 5.91 Å². The molecule has 6 heteroatoms. The highest BCUT2D eigenvalue weighted by Crippen LogP contribution is 2.23. The number of nitrogens with one attached hydrogen (secondary N) is 2. The van der Waals surface area contributed by atoms with Crippen LogP contribution < -0.4 is 11.1 Å². The van der Waals surface area contributed by atoms with Crippen LogP contribution in [0.3, 0.4) is 0 Å². The zero-order valence-corrected chi connectivity index (χ0v) is 16.6. The van der Waals surface area contributed by atoms with E-state index < -0.39 is 0 Å². The number of hydrogen-bond donors (Lipinski definition) is 3. The second-order valence-electron chi connectivity index (χ2n) is 7.86. The van der Waals surface area contributed by atoms with Crippen LogP contribution in [0.15, 0.2) is 48.5 Å². The summed E-state index contributed by atoms with van der Waals surface area (Å²) in [5.41, 5.74) is 9.94. The summed E-state index contributed by atoms with van der Waals surface area (Å²) in [5, 5.41) is 4.05. The van der Waals surface area contributed by atoms with Gasteiger partial charge in [-0.25, -0.2) is 0 Å². The van der Waals surface area contributed by atoms with Crippen molar-refractivity contribution in [3.05, 3.63) is 65.4 Å². The number of primary amides is 1. The molecule has 4 rings (SSSR count). The fourth-order valence-corrected chi connectivity index (χ4v) is 4.01. The SMILES string of the molecule is Cc1ccc2cc(C(=O)Nc3ccccc3CN3CCCC(C(N)=O)C3)[nH]c2c1. The summed E-state index contributed by atoms with van der Waals surface area (Å²) in [7, 11) is 0. The van der Waals surface area contributed by atoms with Crippen molar-refractivity contribution in [2.45, 2.75) is 26.3 Å². The van der Waals surface area contributed by atoms with Crippen LogP contribution in [0.2, 0.25) is 0 Å². The minimum Gasteiger partial charge on any atom is -0.369 e. The van der Waals surface area contributed by atoms with E-state index in [1.54, 1.807) is 0 Å². The van der Waals surface area contributed by atoms with Gasteiger partial charge < -0.3 is 16.0 Å². The molecule has 29 heavy (non-hydrogen) atoms. The first-order valence-electron chi connectivity index (χ1n) is 10.00. The zero-order chi connectivity index (χ0) is 20.4. The van der Waals surface area contributed by atoms with Gasteiger partial charge in [-0.3, -0.25) is 14.5 Å². The Balaban J connectivity index is 1.50. The van der Waals surface area contributed by atoms with Crippen LogP contribution in [-0.2, 0) is 11.3 Å². The largest absolute Gasteiger partial charge is 0.369 e. The first-order valence-corrected chi connectivity index (χ1v) is 10.00. The molecule has 1 atom stereocenters. The number of carbonyl (C=O) groups excluding carboxylic acids is 2. The van der Waals surface area contributed by atoms with Gasteiger partial charge in [0.25, 0.3) is 5.91 Å². The van der Waals surface area contributed by atoms with Crippen LogP contribution in [0.1, 0.15) is 34.5 Å². The summed E-state index contributed by atoms with van der Waals surface area (Å²) in [6.07, 6.45) is 1.81. The molecule has 2 heterocycles. The Bertz CT molecular complexity index is 1060. The Labute approximate surface area is 170 Å². The van der Waals surface area contributed by atoms with Gasteiger partial charge >= 0.3 is 0 Å². The molecular formula is C23H26N4O2. The summed E-state index contributed by atoms with van der Waals surface area (Å²) in [5.74, 6) is -0.495. The lowest BCUT2D eigenvalue weighted by atomic mass is 9.97. The molecule has 2 aromatic carbocycles. The number of nitrogens with two attached hydrogens (primary N) is 1. The third-order valence-electron chi connectivity index (χ3n) is 5.59. The van der Waals surface area contributed by atoms with Crippen molar-refractivity contribution in [3.63, 3.8) is 0 Å². The maximum Gasteiger partial charge on any atom is 0.272 e. The molecule has 0 aliphatic carbocycles. The van der Waals surface area contributed by atoms with E-state index in [0.29, 0.717) is 18.8 Å². The van der Waals surface area contributed by atoms with Crippen LogP contribution in [-0.4, -0.2) is 34.8 Å². The monoisotopic (exact) mass is 390 g/mol. The van der Waals surface area contributed by atoms with Gasteiger partial charge in [-0.2, -0.15) is 0 Å². The van der Waals surface area contributed by atoms with Gasteiger partial charge in [-0.1, -0.05) is 30.3 Å². The van der Waals surface area contributed by atoms with Crippen LogP contribution in [0, 0.1) is 12.8 Å². The fraction of sp³-hybridized carbons (Fsp3) is 0.304. The number of likely N-dealkylation sites (tertiary alicyclic amines) is 1. The second kappa shape index (κ2) is 8.09. The van der Waals surface area contributed by atoms with Gasteiger partial charge in [-0.05, 0) is 55.6 Å². The van der Waals surface area contributed by atoms with Crippen molar-refractivity contribution in [1.82, 2.24) is 9.88 Å². The van der Waals surface area contributed by atoms with E-state index >= 15 is 0 Å². The molecule has 0 spiro atoms. The number of carbonyl (C=O) groups is 2. The number of H-pyrrole nitrogens is 1. The molecule has 0 saturated carbocycles. The van der Waals surface area contributed by atoms with Crippen molar-refractivity contribution in [3.8, 4) is 0 Å². The summed E-state index contributed by atoms with van der Waals surface area (Å²) in [6.45, 7) is 4.29. The number of rotatable bonds is 5. The number of aromatic amines is 1.